The van der Waals surface area contributed by atoms with E-state index < -0.39 is 141 Å². The number of allylic oxidation sites excluding steroid dienone is 1. The Balaban J connectivity index is 1.56. The number of aliphatic hydroxyl groups is 8. The van der Waals surface area contributed by atoms with Gasteiger partial charge in [-0.3, -0.25) is 4.79 Å². The maximum Gasteiger partial charge on any atom is 0.333 e. The van der Waals surface area contributed by atoms with Crippen molar-refractivity contribution in [3.8, 4) is 0 Å². The largest absolute Gasteiger partial charge is 0.455 e. The van der Waals surface area contributed by atoms with E-state index in [0.717, 1.165) is 57.8 Å². The highest BCUT2D eigenvalue weighted by Crippen LogP contribution is 2.37. The summed E-state index contributed by atoms with van der Waals surface area (Å²) < 4.78 is 61.9. The van der Waals surface area contributed by atoms with Crippen LogP contribution < -0.4 is 0 Å². The van der Waals surface area contributed by atoms with Gasteiger partial charge in [-0.25, -0.2) is 4.79 Å². The zero-order chi connectivity index (χ0) is 47.5. The van der Waals surface area contributed by atoms with Crippen LogP contribution in [0.2, 0.25) is 0 Å². The monoisotopic (exact) mass is 936 g/mol. The third-order valence-corrected chi connectivity index (χ3v) is 13.1. The number of hydrogen-bond acceptors (Lipinski definition) is 20. The summed E-state index contributed by atoms with van der Waals surface area (Å²) in [4.78, 5) is 27.4. The Bertz CT molecular complexity index is 1490. The Morgan fingerprint density at radius 2 is 1.23 bits per heavy atom. The van der Waals surface area contributed by atoms with Crippen LogP contribution in [0.15, 0.2) is 11.6 Å². The van der Waals surface area contributed by atoms with Crippen molar-refractivity contribution >= 4 is 11.9 Å². The first kappa shape index (κ1) is 54.0. The number of carbonyl (C=O) groups excluding carboxylic acids is 2. The van der Waals surface area contributed by atoms with Crippen molar-refractivity contribution in [1.29, 1.82) is 0 Å². The number of carbonyl (C=O) groups is 2. The molecule has 5 heterocycles. The van der Waals surface area contributed by atoms with Gasteiger partial charge in [0.25, 0.3) is 0 Å². The maximum atomic E-state index is 13.8. The Morgan fingerprint density at radius 1 is 0.646 bits per heavy atom. The normalized spacial score (nSPS) is 44.6. The molecule has 0 unspecified atom stereocenters. The number of hydrogen-bond donors (Lipinski definition) is 8. The van der Waals surface area contributed by atoms with Gasteiger partial charge in [-0.05, 0) is 53.9 Å². The molecule has 376 valence electrons. The molecule has 20 heteroatoms. The lowest BCUT2D eigenvalue weighted by Gasteiger charge is -2.50. The minimum absolute atomic E-state index is 0.0307. The molecule has 5 saturated heterocycles. The first-order chi connectivity index (χ1) is 31.0. The highest BCUT2D eigenvalue weighted by Gasteiger charge is 2.57. The van der Waals surface area contributed by atoms with Gasteiger partial charge in [-0.2, -0.15) is 0 Å². The van der Waals surface area contributed by atoms with E-state index in [-0.39, 0.29) is 18.1 Å². The molecule has 5 aliphatic heterocycles. The molecule has 0 aromatic heterocycles. The van der Waals surface area contributed by atoms with Crippen LogP contribution in [0, 0.1) is 0 Å². The summed E-state index contributed by atoms with van der Waals surface area (Å²) in [5.74, 6) is -1.58. The van der Waals surface area contributed by atoms with Crippen LogP contribution in [0.4, 0.5) is 0 Å². The predicted molar refractivity (Wildman–Crippen MR) is 225 cm³/mol. The Hall–Kier alpha value is -1.96. The van der Waals surface area contributed by atoms with Gasteiger partial charge < -0.3 is 88.2 Å². The molecule has 0 saturated carbocycles. The van der Waals surface area contributed by atoms with E-state index in [9.17, 15) is 50.4 Å². The van der Waals surface area contributed by atoms with Crippen molar-refractivity contribution in [3.05, 3.63) is 11.6 Å². The first-order valence-electron chi connectivity index (χ1n) is 23.6. The average Bonchev–Trinajstić information content (AvgIpc) is 3.28. The number of fused-ring (bicyclic) bond motifs is 4. The summed E-state index contributed by atoms with van der Waals surface area (Å²) in [6, 6.07) is 0. The van der Waals surface area contributed by atoms with Crippen LogP contribution in [-0.2, 0) is 57.0 Å². The molecular formula is C45H76O20. The van der Waals surface area contributed by atoms with Gasteiger partial charge in [-0.1, -0.05) is 70.8 Å². The minimum atomic E-state index is -1.91. The number of esters is 2. The number of ether oxygens (including phenoxy) is 10. The molecule has 5 aliphatic rings. The fourth-order valence-corrected chi connectivity index (χ4v) is 8.85. The molecule has 0 aliphatic carbocycles. The van der Waals surface area contributed by atoms with E-state index in [2.05, 4.69) is 6.92 Å². The highest BCUT2D eigenvalue weighted by atomic mass is 16.8. The van der Waals surface area contributed by atoms with Gasteiger partial charge >= 0.3 is 11.9 Å². The van der Waals surface area contributed by atoms with Crippen LogP contribution in [0.1, 0.15) is 125 Å². The molecule has 0 aromatic rings. The molecule has 20 nitrogen and oxygen atoms in total. The lowest BCUT2D eigenvalue weighted by Crippen LogP contribution is -2.67. The van der Waals surface area contributed by atoms with E-state index in [0.29, 0.717) is 19.3 Å². The average molecular weight is 937 g/mol. The Morgan fingerprint density at radius 3 is 1.89 bits per heavy atom. The minimum Gasteiger partial charge on any atom is -0.455 e. The highest BCUT2D eigenvalue weighted by molar-refractivity contribution is 5.87. The van der Waals surface area contributed by atoms with Gasteiger partial charge in [0.1, 0.15) is 67.1 Å². The molecule has 5 rings (SSSR count). The molecule has 0 radical (unpaired) electrons. The Kier molecular flexibility index (Phi) is 21.3. The molecule has 0 spiro atoms. The summed E-state index contributed by atoms with van der Waals surface area (Å²) in [5.41, 5.74) is 0.136. The molecule has 8 N–H and O–H groups in total. The number of aliphatic hydroxyl groups excluding tert-OH is 8. The molecule has 0 aromatic carbocycles. The van der Waals surface area contributed by atoms with E-state index >= 15 is 0 Å². The summed E-state index contributed by atoms with van der Waals surface area (Å²) >= 11 is 0. The SMILES string of the molecule is C/C=C(/C)C(=O)O[C@H]1[C@@H]2O[C@@H]3[C@@H](O[C@H]4[C@H](O[C@H](CCCCC)CCCCCCCCCC(=O)O[C@H]1[C@H](O[C@H]1O[C@H](C)[C@@H](O)[C@H](O)[C@H]1O)[C@H](C)O2)O[C@@H](C)[C@H](O)[C@@H]4O)O[C@@H](CO)[C@H](O)[C@H]3O. The fraction of sp³-hybridized carbons (Fsp3) is 0.911. The lowest BCUT2D eigenvalue weighted by molar-refractivity contribution is -0.398. The third kappa shape index (κ3) is 13.9. The summed E-state index contributed by atoms with van der Waals surface area (Å²) in [5, 5.41) is 87.8. The summed E-state index contributed by atoms with van der Waals surface area (Å²) in [6.45, 7) is 8.93. The standard InChI is InChI=1S/C45H76O20/c1-7-9-15-18-26-19-16-13-11-10-12-14-17-20-28(47)61-39-36(63-42-35(54)32(51)29(48)23(4)56-42)25(6)58-45(40(39)62-41(55)22(3)8-2)65-38-34(53)31(50)27(21-46)60-44(38)64-37-33(52)30(49)24(5)57-43(37)59-26/h8,23-27,29-40,42-46,48-54H,7,9-21H2,1-6H3/b22-8-/t23-,24+,25+,26-,27+,29-,30+,31+,32+,33+,34-,35-,36-,37-,38+,39+,40-,42-,43+,44-,45+/m1/s1. The van der Waals surface area contributed by atoms with Gasteiger partial charge in [0.05, 0.1) is 31.0 Å². The van der Waals surface area contributed by atoms with Crippen molar-refractivity contribution < 1.29 is 97.8 Å². The van der Waals surface area contributed by atoms with Crippen molar-refractivity contribution in [2.24, 2.45) is 0 Å². The number of rotatable bonds is 9. The topological polar surface area (TPSA) is 288 Å². The van der Waals surface area contributed by atoms with Gasteiger partial charge in [0.15, 0.2) is 37.4 Å². The second-order valence-electron chi connectivity index (χ2n) is 18.2. The first-order valence-corrected chi connectivity index (χ1v) is 23.6. The molecule has 5 fully saturated rings. The molecule has 2 bridgehead atoms. The zero-order valence-electron chi connectivity index (χ0n) is 38.6. The smallest absolute Gasteiger partial charge is 0.333 e. The van der Waals surface area contributed by atoms with Gasteiger partial charge in [0, 0.05) is 12.0 Å². The van der Waals surface area contributed by atoms with Gasteiger partial charge in [0.2, 0.25) is 0 Å². The maximum absolute atomic E-state index is 13.8. The number of unbranched alkanes of at least 4 members (excludes halogenated alkanes) is 2. The molecular weight excluding hydrogens is 860 g/mol. The lowest BCUT2D eigenvalue weighted by atomic mass is 9.95. The summed E-state index contributed by atoms with van der Waals surface area (Å²) in [7, 11) is 0. The van der Waals surface area contributed by atoms with Crippen LogP contribution in [-0.4, -0.2) is 188 Å². The quantitative estimate of drug-likeness (QED) is 0.0905. The van der Waals surface area contributed by atoms with Crippen molar-refractivity contribution in [2.75, 3.05) is 6.61 Å². The van der Waals surface area contributed by atoms with Crippen LogP contribution in [0.3, 0.4) is 0 Å². The van der Waals surface area contributed by atoms with Crippen LogP contribution >= 0.6 is 0 Å². The zero-order valence-corrected chi connectivity index (χ0v) is 38.6. The van der Waals surface area contributed by atoms with Crippen molar-refractivity contribution in [3.63, 3.8) is 0 Å². The van der Waals surface area contributed by atoms with Crippen LogP contribution in [0.5, 0.6) is 0 Å². The Labute approximate surface area is 381 Å². The fourth-order valence-electron chi connectivity index (χ4n) is 8.85. The van der Waals surface area contributed by atoms with Gasteiger partial charge in [-0.15, -0.1) is 0 Å². The molecule has 65 heavy (non-hydrogen) atoms. The third-order valence-electron chi connectivity index (χ3n) is 13.1. The second-order valence-corrected chi connectivity index (χ2v) is 18.2. The molecule has 21 atom stereocenters. The second kappa shape index (κ2) is 25.6. The van der Waals surface area contributed by atoms with Crippen molar-refractivity contribution in [1.82, 2.24) is 0 Å². The van der Waals surface area contributed by atoms with E-state index in [1.54, 1.807) is 13.8 Å². The van der Waals surface area contributed by atoms with E-state index in [1.165, 1.54) is 26.8 Å². The van der Waals surface area contributed by atoms with E-state index in [4.69, 9.17) is 47.4 Å². The van der Waals surface area contributed by atoms with Crippen molar-refractivity contribution in [2.45, 2.75) is 254 Å². The predicted octanol–water partition coefficient (Wildman–Crippen LogP) is 0.900. The van der Waals surface area contributed by atoms with E-state index in [1.807, 2.05) is 0 Å². The molecule has 0 amide bonds. The summed E-state index contributed by atoms with van der Waals surface area (Å²) in [6.07, 6.45) is -19.6. The van der Waals surface area contributed by atoms with Crippen LogP contribution in [0.25, 0.3) is 0 Å².